The van der Waals surface area contributed by atoms with Crippen LogP contribution >= 0.6 is 0 Å². The summed E-state index contributed by atoms with van der Waals surface area (Å²) in [5.74, 6) is -0.820. The molecule has 4 rings (SSSR count). The number of nitrogens with one attached hydrogen (secondary N) is 1. The molecule has 0 radical (unpaired) electrons. The maximum atomic E-state index is 13.4. The van der Waals surface area contributed by atoms with E-state index in [-0.39, 0.29) is 43.8 Å². The highest BCUT2D eigenvalue weighted by atomic mass is 32.2. The first-order valence-electron chi connectivity index (χ1n) is 11.5. The summed E-state index contributed by atoms with van der Waals surface area (Å²) >= 11 is 0. The van der Waals surface area contributed by atoms with Crippen molar-refractivity contribution >= 4 is 38.6 Å². The quantitative estimate of drug-likeness (QED) is 0.395. The first-order chi connectivity index (χ1) is 17.1. The number of fused-ring (bicyclic) bond motifs is 1. The van der Waals surface area contributed by atoms with E-state index in [1.54, 1.807) is 18.2 Å². The summed E-state index contributed by atoms with van der Waals surface area (Å²) in [5.41, 5.74) is 7.91. The van der Waals surface area contributed by atoms with Crippen LogP contribution in [0.4, 0.5) is 10.1 Å². The van der Waals surface area contributed by atoms with Gasteiger partial charge in [0, 0.05) is 24.9 Å². The fourth-order valence-corrected chi connectivity index (χ4v) is 5.11. The number of hydrogen-bond donors (Lipinski definition) is 2. The van der Waals surface area contributed by atoms with Crippen molar-refractivity contribution in [2.75, 3.05) is 37.3 Å². The van der Waals surface area contributed by atoms with E-state index in [0.717, 1.165) is 30.2 Å². The summed E-state index contributed by atoms with van der Waals surface area (Å²) in [7, 11) is -2.22. The number of hydrogen-bond acceptors (Lipinski definition) is 7. The van der Waals surface area contributed by atoms with Gasteiger partial charge in [0.25, 0.3) is 5.91 Å². The lowest BCUT2D eigenvalue weighted by Crippen LogP contribution is -2.34. The zero-order chi connectivity index (χ0) is 26.0. The van der Waals surface area contributed by atoms with E-state index in [1.165, 1.54) is 23.5 Å². The molecule has 0 spiro atoms. The number of esters is 1. The van der Waals surface area contributed by atoms with Gasteiger partial charge >= 0.3 is 5.97 Å². The summed E-state index contributed by atoms with van der Waals surface area (Å²) in [4.78, 5) is 24.3. The number of amides is 1. The Bertz CT molecular complexity index is 1400. The molecule has 0 unspecified atom stereocenters. The van der Waals surface area contributed by atoms with Gasteiger partial charge in [0.1, 0.15) is 23.8 Å². The predicted molar refractivity (Wildman–Crippen MR) is 133 cm³/mol. The van der Waals surface area contributed by atoms with Crippen molar-refractivity contribution in [3.05, 3.63) is 64.7 Å². The molecule has 3 N–H and O–H groups in total. The number of rotatable bonds is 10. The summed E-state index contributed by atoms with van der Waals surface area (Å²) < 4.78 is 51.1. The fraction of sp³-hybridized carbons (Fsp3) is 0.360. The molecular weight excluding hydrogens is 489 g/mol. The van der Waals surface area contributed by atoms with Crippen molar-refractivity contribution in [2.24, 2.45) is 5.73 Å². The van der Waals surface area contributed by atoms with Gasteiger partial charge in [0.2, 0.25) is 10.0 Å². The van der Waals surface area contributed by atoms with E-state index in [0.29, 0.717) is 28.0 Å². The number of furan rings is 1. The number of sulfonamides is 1. The minimum atomic E-state index is -3.74. The molecule has 9 nitrogen and oxygen atoms in total. The largest absolute Gasteiger partial charge is 0.463 e. The molecule has 0 bridgehead atoms. The van der Waals surface area contributed by atoms with Crippen LogP contribution in [0.1, 0.15) is 46.0 Å². The molecule has 1 fully saturated rings. The van der Waals surface area contributed by atoms with E-state index in [9.17, 15) is 22.4 Å². The Balaban J connectivity index is 1.82. The third-order valence-electron chi connectivity index (χ3n) is 6.05. The molecule has 3 aromatic rings. The standard InChI is InChI=1S/C25H28FN3O6S/c1-28-25(31)24-19-12-18(16-5-6-16)20(29(36(2,32)33)9-10-34-23(30)14-27)13-21(19)35-22(24)11-15-3-7-17(26)8-4-15/h3-4,7-8,12-13,16H,5-6,9-11,14,27H2,1-2H3,(H,28,31). The molecule has 11 heteroatoms. The average Bonchev–Trinajstić information content (AvgIpc) is 3.62. The Morgan fingerprint density at radius 1 is 1.22 bits per heavy atom. The second-order valence-electron chi connectivity index (χ2n) is 8.72. The number of benzene rings is 2. The number of anilines is 1. The van der Waals surface area contributed by atoms with Crippen LogP contribution in [0.3, 0.4) is 0 Å². The number of carbonyl (C=O) groups is 2. The molecule has 0 atom stereocenters. The van der Waals surface area contributed by atoms with E-state index >= 15 is 0 Å². The summed E-state index contributed by atoms with van der Waals surface area (Å²) in [6, 6.07) is 9.34. The summed E-state index contributed by atoms with van der Waals surface area (Å²) in [5, 5.41) is 3.21. The van der Waals surface area contributed by atoms with Crippen molar-refractivity contribution in [3.63, 3.8) is 0 Å². The summed E-state index contributed by atoms with van der Waals surface area (Å²) in [6.07, 6.45) is 3.09. The molecule has 2 aromatic carbocycles. The van der Waals surface area contributed by atoms with Gasteiger partial charge in [-0.05, 0) is 48.1 Å². The van der Waals surface area contributed by atoms with E-state index in [2.05, 4.69) is 5.32 Å². The van der Waals surface area contributed by atoms with E-state index in [4.69, 9.17) is 14.9 Å². The first-order valence-corrected chi connectivity index (χ1v) is 13.4. The van der Waals surface area contributed by atoms with Crippen LogP contribution in [0.5, 0.6) is 0 Å². The minimum absolute atomic E-state index is 0.0960. The van der Waals surface area contributed by atoms with Crippen molar-refractivity contribution < 1.29 is 31.6 Å². The predicted octanol–water partition coefficient (Wildman–Crippen LogP) is 2.67. The van der Waals surface area contributed by atoms with Gasteiger partial charge in [-0.15, -0.1) is 0 Å². The van der Waals surface area contributed by atoms with Crippen molar-refractivity contribution in [1.29, 1.82) is 0 Å². The topological polar surface area (TPSA) is 132 Å². The van der Waals surface area contributed by atoms with Crippen LogP contribution in [0.2, 0.25) is 0 Å². The minimum Gasteiger partial charge on any atom is -0.463 e. The van der Waals surface area contributed by atoms with Gasteiger partial charge in [0.15, 0.2) is 0 Å². The molecule has 0 aliphatic heterocycles. The Morgan fingerprint density at radius 2 is 1.92 bits per heavy atom. The van der Waals surface area contributed by atoms with Crippen LogP contribution in [0, 0.1) is 5.82 Å². The molecule has 1 aliphatic carbocycles. The number of nitrogens with two attached hydrogens (primary N) is 1. The second kappa shape index (κ2) is 10.3. The SMILES string of the molecule is CNC(=O)c1c(Cc2ccc(F)cc2)oc2cc(N(CCOC(=O)CN)S(C)(=O)=O)c(C3CC3)cc12. The van der Waals surface area contributed by atoms with Gasteiger partial charge < -0.3 is 20.2 Å². The highest BCUT2D eigenvalue weighted by molar-refractivity contribution is 7.92. The van der Waals surface area contributed by atoms with E-state index < -0.39 is 16.0 Å². The highest BCUT2D eigenvalue weighted by Gasteiger charge is 2.33. The lowest BCUT2D eigenvalue weighted by Gasteiger charge is -2.25. The van der Waals surface area contributed by atoms with Gasteiger partial charge in [-0.25, -0.2) is 12.8 Å². The second-order valence-corrected chi connectivity index (χ2v) is 10.6. The van der Waals surface area contributed by atoms with E-state index in [1.807, 2.05) is 6.07 Å². The molecule has 1 saturated carbocycles. The van der Waals surface area contributed by atoms with Crippen molar-refractivity contribution in [3.8, 4) is 0 Å². The lowest BCUT2D eigenvalue weighted by molar-refractivity contribution is -0.141. The summed E-state index contributed by atoms with van der Waals surface area (Å²) in [6.45, 7) is -0.562. The van der Waals surface area contributed by atoms with Crippen LogP contribution in [0.15, 0.2) is 40.8 Å². The van der Waals surface area contributed by atoms with Gasteiger partial charge in [-0.3, -0.25) is 13.9 Å². The molecule has 1 aromatic heterocycles. The average molecular weight is 518 g/mol. The van der Waals surface area contributed by atoms with Crippen molar-refractivity contribution in [2.45, 2.75) is 25.2 Å². The maximum absolute atomic E-state index is 13.4. The highest BCUT2D eigenvalue weighted by Crippen LogP contribution is 2.47. The Morgan fingerprint density at radius 3 is 2.50 bits per heavy atom. The monoisotopic (exact) mass is 517 g/mol. The zero-order valence-corrected chi connectivity index (χ0v) is 20.9. The molecule has 1 heterocycles. The third-order valence-corrected chi connectivity index (χ3v) is 7.23. The number of carbonyl (C=O) groups excluding carboxylic acids is 2. The molecule has 1 amide bonds. The molecule has 0 saturated heterocycles. The lowest BCUT2D eigenvalue weighted by atomic mass is 10.0. The van der Waals surface area contributed by atoms with Gasteiger partial charge in [-0.1, -0.05) is 12.1 Å². The first kappa shape index (κ1) is 25.6. The Labute approximate surface area is 208 Å². The normalized spacial score (nSPS) is 13.6. The Kier molecular flexibility index (Phi) is 7.32. The number of halogens is 1. The number of nitrogens with zero attached hydrogens (tertiary/aromatic N) is 1. The van der Waals surface area contributed by atoms with Crippen LogP contribution < -0.4 is 15.4 Å². The number of ether oxygens (including phenoxy) is 1. The molecule has 36 heavy (non-hydrogen) atoms. The third kappa shape index (κ3) is 5.52. The maximum Gasteiger partial charge on any atom is 0.319 e. The van der Waals surface area contributed by atoms with Crippen LogP contribution in [0.25, 0.3) is 11.0 Å². The smallest absolute Gasteiger partial charge is 0.319 e. The van der Waals surface area contributed by atoms with Crippen molar-refractivity contribution in [1.82, 2.24) is 5.32 Å². The molecular formula is C25H28FN3O6S. The van der Waals surface area contributed by atoms with Crippen LogP contribution in [-0.2, 0) is 26.0 Å². The molecule has 1 aliphatic rings. The Hall–Kier alpha value is -3.44. The fourth-order valence-electron chi connectivity index (χ4n) is 4.19. The zero-order valence-electron chi connectivity index (χ0n) is 20.0. The van der Waals surface area contributed by atoms with Gasteiger partial charge in [-0.2, -0.15) is 0 Å². The molecule has 192 valence electrons. The van der Waals surface area contributed by atoms with Crippen LogP contribution in [-0.4, -0.2) is 53.3 Å². The van der Waals surface area contributed by atoms with Gasteiger partial charge in [0.05, 0.1) is 30.6 Å².